The van der Waals surface area contributed by atoms with Crippen molar-refractivity contribution in [2.45, 2.75) is 31.5 Å². The van der Waals surface area contributed by atoms with Crippen molar-refractivity contribution < 1.29 is 23.9 Å². The zero-order valence-electron chi connectivity index (χ0n) is 18.3. The predicted molar refractivity (Wildman–Crippen MR) is 118 cm³/mol. The van der Waals surface area contributed by atoms with Crippen molar-refractivity contribution in [3.8, 4) is 5.75 Å². The molecule has 1 spiro atoms. The van der Waals surface area contributed by atoms with E-state index in [1.54, 1.807) is 30.3 Å². The number of aryl methyl sites for hydroxylation is 1. The highest BCUT2D eigenvalue weighted by Crippen LogP contribution is 2.54. The Hall–Kier alpha value is -3.72. The van der Waals surface area contributed by atoms with Crippen LogP contribution in [0.3, 0.4) is 0 Å². The van der Waals surface area contributed by atoms with E-state index in [0.29, 0.717) is 22.6 Å². The maximum atomic E-state index is 13.8. The number of likely N-dealkylation sites (tertiary alicyclic amines) is 1. The van der Waals surface area contributed by atoms with Crippen LogP contribution in [0.4, 0.5) is 5.69 Å². The highest BCUT2D eigenvalue weighted by molar-refractivity contribution is 6.15. The van der Waals surface area contributed by atoms with Crippen LogP contribution in [0.15, 0.2) is 42.5 Å². The quantitative estimate of drug-likeness (QED) is 0.580. The van der Waals surface area contributed by atoms with E-state index in [0.717, 1.165) is 5.56 Å². The number of anilines is 1. The van der Waals surface area contributed by atoms with Crippen LogP contribution in [-0.4, -0.2) is 41.7 Å². The number of amides is 4. The molecule has 0 unspecified atom stereocenters. The summed E-state index contributed by atoms with van der Waals surface area (Å²) in [7, 11) is 1.52. The van der Waals surface area contributed by atoms with Gasteiger partial charge < -0.3 is 15.8 Å². The van der Waals surface area contributed by atoms with Crippen LogP contribution in [0.2, 0.25) is 0 Å². The summed E-state index contributed by atoms with van der Waals surface area (Å²) in [6.45, 7) is 1.87. The lowest BCUT2D eigenvalue weighted by molar-refractivity contribution is -0.143. The Morgan fingerprint density at radius 3 is 2.61 bits per heavy atom. The molecule has 5 rings (SSSR count). The van der Waals surface area contributed by atoms with Gasteiger partial charge in [0.1, 0.15) is 11.3 Å². The van der Waals surface area contributed by atoms with Crippen LogP contribution >= 0.6 is 0 Å². The number of ether oxygens (including phenoxy) is 1. The van der Waals surface area contributed by atoms with E-state index < -0.39 is 47.0 Å². The summed E-state index contributed by atoms with van der Waals surface area (Å²) >= 11 is 0. The number of para-hydroxylation sites is 2. The number of nitrogens with two attached hydrogens (primary N) is 1. The van der Waals surface area contributed by atoms with Gasteiger partial charge in [0.25, 0.3) is 0 Å². The minimum absolute atomic E-state index is 0.0103. The minimum Gasteiger partial charge on any atom is -0.496 e. The summed E-state index contributed by atoms with van der Waals surface area (Å²) in [6.07, 6.45) is -0.168. The van der Waals surface area contributed by atoms with Crippen LogP contribution in [0.25, 0.3) is 0 Å². The number of hydrogen-bond donors (Lipinski definition) is 3. The lowest BCUT2D eigenvalue weighted by Gasteiger charge is -2.29. The van der Waals surface area contributed by atoms with Crippen LogP contribution in [0.5, 0.6) is 5.75 Å². The summed E-state index contributed by atoms with van der Waals surface area (Å²) in [6, 6.07) is 11.8. The first-order valence-corrected chi connectivity index (χ1v) is 10.7. The number of imide groups is 1. The number of carbonyl (C=O) groups excluding carboxylic acids is 4. The van der Waals surface area contributed by atoms with E-state index in [4.69, 9.17) is 10.5 Å². The molecular formula is C24H24N4O5. The molecule has 4 amide bonds. The molecule has 9 heteroatoms. The van der Waals surface area contributed by atoms with Gasteiger partial charge in [-0.05, 0) is 18.6 Å². The number of hydrogen-bond acceptors (Lipinski definition) is 6. The van der Waals surface area contributed by atoms with Crippen molar-refractivity contribution in [2.75, 3.05) is 12.4 Å². The number of benzene rings is 2. The van der Waals surface area contributed by atoms with Crippen molar-refractivity contribution in [3.05, 3.63) is 59.2 Å². The number of primary amides is 1. The smallest absolute Gasteiger partial charge is 0.250 e. The molecule has 9 nitrogen and oxygen atoms in total. The van der Waals surface area contributed by atoms with Crippen LogP contribution in [0.1, 0.15) is 23.1 Å². The maximum Gasteiger partial charge on any atom is 0.250 e. The Balaban J connectivity index is 1.61. The van der Waals surface area contributed by atoms with E-state index in [1.807, 2.05) is 19.1 Å². The molecule has 0 bridgehead atoms. The van der Waals surface area contributed by atoms with Crippen LogP contribution in [0, 0.1) is 18.8 Å². The summed E-state index contributed by atoms with van der Waals surface area (Å²) < 4.78 is 5.38. The standard InChI is InChI=1S/C24H24N4O5/c1-12-6-5-8-14-20(12)26-23(32)24(14)19-18(15(27-24)10-17(25)29)21(30)28(22(19)31)11-13-7-3-4-9-16(13)33-2/h3-9,15,18-19,27H,10-11H2,1-2H3,(H2,25,29)(H,26,32)/t15-,18-,19-,24-/m1/s1. The van der Waals surface area contributed by atoms with Gasteiger partial charge in [0.05, 0.1) is 25.5 Å². The first-order chi connectivity index (χ1) is 15.8. The predicted octanol–water partition coefficient (Wildman–Crippen LogP) is 0.800. The SMILES string of the molecule is COc1ccccc1CN1C(=O)[C@@H]2[C@@H](CC(N)=O)N[C@@]3(C(=O)Nc4c(C)cccc43)[C@H]2C1=O. The van der Waals surface area contributed by atoms with Gasteiger partial charge in [0.15, 0.2) is 0 Å². The third-order valence-corrected chi connectivity index (χ3v) is 6.99. The summed E-state index contributed by atoms with van der Waals surface area (Å²) in [5.41, 5.74) is 6.76. The average molecular weight is 448 g/mol. The molecule has 33 heavy (non-hydrogen) atoms. The van der Waals surface area contributed by atoms with Gasteiger partial charge in [-0.1, -0.05) is 36.4 Å². The monoisotopic (exact) mass is 448 g/mol. The van der Waals surface area contributed by atoms with E-state index in [1.165, 1.54) is 12.0 Å². The van der Waals surface area contributed by atoms with Gasteiger partial charge in [0.2, 0.25) is 23.6 Å². The van der Waals surface area contributed by atoms with Crippen molar-refractivity contribution >= 4 is 29.3 Å². The molecule has 3 aliphatic rings. The molecule has 0 saturated carbocycles. The third kappa shape index (κ3) is 2.88. The average Bonchev–Trinajstić information content (AvgIpc) is 3.35. The highest BCUT2D eigenvalue weighted by atomic mass is 16.5. The van der Waals surface area contributed by atoms with Crippen LogP contribution < -0.4 is 21.1 Å². The molecule has 0 radical (unpaired) electrons. The van der Waals surface area contributed by atoms with Crippen molar-refractivity contribution in [3.63, 3.8) is 0 Å². The zero-order valence-corrected chi connectivity index (χ0v) is 18.3. The largest absolute Gasteiger partial charge is 0.496 e. The van der Waals surface area contributed by atoms with E-state index in [9.17, 15) is 19.2 Å². The fourth-order valence-electron chi connectivity index (χ4n) is 5.59. The molecule has 2 aromatic rings. The van der Waals surface area contributed by atoms with E-state index >= 15 is 0 Å². The van der Waals surface area contributed by atoms with Gasteiger partial charge in [-0.2, -0.15) is 0 Å². The lowest BCUT2D eigenvalue weighted by Crippen LogP contribution is -2.53. The topological polar surface area (TPSA) is 131 Å². The number of carbonyl (C=O) groups is 4. The first kappa shape index (κ1) is 21.1. The molecule has 2 fully saturated rings. The number of methoxy groups -OCH3 is 1. The Labute approximate surface area is 190 Å². The summed E-state index contributed by atoms with van der Waals surface area (Å²) in [5.74, 6) is -3.25. The van der Waals surface area contributed by atoms with Crippen molar-refractivity contribution in [1.29, 1.82) is 0 Å². The van der Waals surface area contributed by atoms with Crippen molar-refractivity contribution in [2.24, 2.45) is 17.6 Å². The first-order valence-electron chi connectivity index (χ1n) is 10.7. The second kappa shape index (κ2) is 7.41. The van der Waals surface area contributed by atoms with Gasteiger partial charge >= 0.3 is 0 Å². The third-order valence-electron chi connectivity index (χ3n) is 6.99. The minimum atomic E-state index is -1.45. The zero-order chi connectivity index (χ0) is 23.5. The number of fused-ring (bicyclic) bond motifs is 4. The molecule has 3 heterocycles. The lowest BCUT2D eigenvalue weighted by atomic mass is 9.76. The van der Waals surface area contributed by atoms with Gasteiger partial charge in [-0.15, -0.1) is 0 Å². The van der Waals surface area contributed by atoms with Gasteiger partial charge in [-0.25, -0.2) is 0 Å². The Bertz CT molecular complexity index is 1210. The Kier molecular flexibility index (Phi) is 4.75. The molecule has 2 aromatic carbocycles. The second-order valence-electron chi connectivity index (χ2n) is 8.76. The summed E-state index contributed by atoms with van der Waals surface area (Å²) in [4.78, 5) is 53.7. The normalized spacial score (nSPS) is 27.6. The molecule has 2 saturated heterocycles. The van der Waals surface area contributed by atoms with E-state index in [-0.39, 0.29) is 13.0 Å². The summed E-state index contributed by atoms with van der Waals surface area (Å²) in [5, 5.41) is 6.08. The van der Waals surface area contributed by atoms with Gasteiger partial charge in [-0.3, -0.25) is 29.4 Å². The Morgan fingerprint density at radius 1 is 1.12 bits per heavy atom. The number of nitrogens with one attached hydrogen (secondary N) is 2. The highest BCUT2D eigenvalue weighted by Gasteiger charge is 2.70. The molecule has 0 aromatic heterocycles. The van der Waals surface area contributed by atoms with Crippen LogP contribution in [-0.2, 0) is 31.3 Å². The number of rotatable bonds is 5. The second-order valence-corrected chi connectivity index (χ2v) is 8.76. The molecule has 170 valence electrons. The molecular weight excluding hydrogens is 424 g/mol. The molecule has 0 aliphatic carbocycles. The molecule has 3 aliphatic heterocycles. The Morgan fingerprint density at radius 2 is 1.88 bits per heavy atom. The molecule has 4 atom stereocenters. The maximum absolute atomic E-state index is 13.8. The molecule has 4 N–H and O–H groups in total. The van der Waals surface area contributed by atoms with Crippen molar-refractivity contribution in [1.82, 2.24) is 10.2 Å². The fraction of sp³-hybridized carbons (Fsp3) is 0.333. The fourth-order valence-corrected chi connectivity index (χ4v) is 5.59. The number of nitrogens with zero attached hydrogens (tertiary/aromatic N) is 1. The van der Waals surface area contributed by atoms with Gasteiger partial charge in [0, 0.05) is 29.3 Å². The van der Waals surface area contributed by atoms with E-state index in [2.05, 4.69) is 10.6 Å².